The summed E-state index contributed by atoms with van der Waals surface area (Å²) in [4.78, 5) is 0. The SMILES string of the molecule is CCC1(CC)c2ccccc2-c2ccc(-c3ccc4c(c3)C(C)(C)c3cc(-c5ccc6c(c5)C(C)(C)c5cc(-c7ccc8c(c7)C(C)(C)c7cc(-c9ccc%10cc(-c%11ccc%12ccccc%12c%11)ccc%10c9)ccc7-8)ccc5-6)ccc3-4)cc21. The van der Waals surface area contributed by atoms with Gasteiger partial charge in [-0.3, -0.25) is 0 Å². The van der Waals surface area contributed by atoms with Crippen molar-refractivity contribution in [2.75, 3.05) is 0 Å². The summed E-state index contributed by atoms with van der Waals surface area (Å²) in [5.41, 5.74) is 34.6. The monoisotopic (exact) mass is 1050 g/mol. The number of hydrogen-bond acceptors (Lipinski definition) is 0. The van der Waals surface area contributed by atoms with E-state index in [2.05, 4.69) is 286 Å². The standard InChI is InChI=1S/C82H66/c1-9-82(10-2)71-18-14-13-17-63(71)70-38-31-62(48-78(70)82)61-30-37-69-68-36-29-60(46-76(68)81(7,8)77(69)47-61)59-28-35-67-66-34-27-58(44-74(66)80(5,6)75(67)45-59)57-26-33-65-64-32-25-56(42-72(64)79(3,4)73(65)43-57)55-24-23-53-40-52(21-22-54(53)41-55)51-20-19-49-15-11-12-16-50(49)39-51/h11-48H,9-10H2,1-8H3. The Morgan fingerprint density at radius 3 is 0.780 bits per heavy atom. The number of rotatable bonds is 7. The van der Waals surface area contributed by atoms with Crippen molar-refractivity contribution < 1.29 is 0 Å². The second-order valence-electron chi connectivity index (χ2n) is 25.9. The van der Waals surface area contributed by atoms with Crippen LogP contribution in [-0.2, 0) is 21.7 Å². The van der Waals surface area contributed by atoms with Crippen molar-refractivity contribution in [1.29, 1.82) is 0 Å². The third-order valence-corrected chi connectivity index (χ3v) is 20.8. The molecule has 0 saturated carbocycles. The number of benzene rings is 12. The molecule has 0 aromatic heterocycles. The van der Waals surface area contributed by atoms with Crippen LogP contribution in [0.1, 0.15) is 113 Å². The van der Waals surface area contributed by atoms with Crippen LogP contribution >= 0.6 is 0 Å². The maximum absolute atomic E-state index is 2.52. The summed E-state index contributed by atoms with van der Waals surface area (Å²) in [5.74, 6) is 0. The summed E-state index contributed by atoms with van der Waals surface area (Å²) in [5, 5.41) is 5.06. The first-order chi connectivity index (χ1) is 39.7. The van der Waals surface area contributed by atoms with E-state index >= 15 is 0 Å². The van der Waals surface area contributed by atoms with Gasteiger partial charge in [-0.05, 0) is 240 Å². The maximum atomic E-state index is 2.52. The molecule has 0 aliphatic heterocycles. The minimum absolute atomic E-state index is 0.0541. The van der Waals surface area contributed by atoms with Crippen LogP contribution < -0.4 is 0 Å². The van der Waals surface area contributed by atoms with E-state index in [1.165, 1.54) is 166 Å². The number of hydrogen-bond donors (Lipinski definition) is 0. The van der Waals surface area contributed by atoms with Gasteiger partial charge < -0.3 is 0 Å². The van der Waals surface area contributed by atoms with Gasteiger partial charge in [0, 0.05) is 21.7 Å². The summed E-state index contributed by atoms with van der Waals surface area (Å²) in [6.07, 6.45) is 2.19. The highest BCUT2D eigenvalue weighted by Crippen LogP contribution is 2.57. The minimum Gasteiger partial charge on any atom is -0.0642 e. The number of fused-ring (bicyclic) bond motifs is 14. The van der Waals surface area contributed by atoms with E-state index in [0.717, 1.165) is 12.8 Å². The van der Waals surface area contributed by atoms with Gasteiger partial charge in [0.05, 0.1) is 0 Å². The van der Waals surface area contributed by atoms with Crippen LogP contribution in [0.3, 0.4) is 0 Å². The first-order valence-electron chi connectivity index (χ1n) is 29.9. The fourth-order valence-electron chi connectivity index (χ4n) is 15.9. The summed E-state index contributed by atoms with van der Waals surface area (Å²) in [6.45, 7) is 19.3. The smallest absolute Gasteiger partial charge is 0.0210 e. The van der Waals surface area contributed by atoms with Gasteiger partial charge in [0.2, 0.25) is 0 Å². The molecule has 0 atom stereocenters. The highest BCUT2D eigenvalue weighted by Gasteiger charge is 2.42. The first-order valence-corrected chi connectivity index (χ1v) is 29.9. The zero-order chi connectivity index (χ0) is 55.6. The molecule has 0 unspecified atom stereocenters. The lowest BCUT2D eigenvalue weighted by Crippen LogP contribution is -2.23. The zero-order valence-electron chi connectivity index (χ0n) is 48.4. The van der Waals surface area contributed by atoms with Crippen molar-refractivity contribution >= 4 is 21.5 Å². The van der Waals surface area contributed by atoms with E-state index in [9.17, 15) is 0 Å². The van der Waals surface area contributed by atoms with Crippen LogP contribution in [-0.4, -0.2) is 0 Å². The minimum atomic E-state index is -0.168. The van der Waals surface area contributed by atoms with Gasteiger partial charge in [0.15, 0.2) is 0 Å². The molecule has 16 rings (SSSR count). The van der Waals surface area contributed by atoms with Gasteiger partial charge >= 0.3 is 0 Å². The third-order valence-electron chi connectivity index (χ3n) is 20.8. The average Bonchev–Trinajstić information content (AvgIpc) is 3.79. The lowest BCUT2D eigenvalue weighted by molar-refractivity contribution is 0.490. The van der Waals surface area contributed by atoms with Crippen molar-refractivity contribution in [2.24, 2.45) is 0 Å². The molecule has 82 heavy (non-hydrogen) atoms. The average molecular weight is 1050 g/mol. The molecule has 0 N–H and O–H groups in total. The Balaban J connectivity index is 0.661. The topological polar surface area (TPSA) is 0 Å². The molecule has 4 aliphatic rings. The summed E-state index contributed by atoms with van der Waals surface area (Å²) in [7, 11) is 0. The molecule has 0 heteroatoms. The molecule has 4 aliphatic carbocycles. The molecule has 12 aromatic rings. The lowest BCUT2D eigenvalue weighted by atomic mass is 9.73. The van der Waals surface area contributed by atoms with Gasteiger partial charge in [-0.25, -0.2) is 0 Å². The molecule has 0 heterocycles. The van der Waals surface area contributed by atoms with Crippen LogP contribution in [0.15, 0.2) is 231 Å². The van der Waals surface area contributed by atoms with Crippen molar-refractivity contribution in [1.82, 2.24) is 0 Å². The molecule has 0 fully saturated rings. The van der Waals surface area contributed by atoms with E-state index in [4.69, 9.17) is 0 Å². The predicted molar refractivity (Wildman–Crippen MR) is 348 cm³/mol. The normalized spacial score (nSPS) is 15.6. The van der Waals surface area contributed by atoms with Crippen LogP contribution in [0, 0.1) is 0 Å². The van der Waals surface area contributed by atoms with Crippen molar-refractivity contribution in [2.45, 2.75) is 89.9 Å². The van der Waals surface area contributed by atoms with Crippen molar-refractivity contribution in [3.63, 3.8) is 0 Å². The highest BCUT2D eigenvalue weighted by atomic mass is 14.5. The van der Waals surface area contributed by atoms with Crippen LogP contribution in [0.5, 0.6) is 0 Å². The molecule has 0 bridgehead atoms. The highest BCUT2D eigenvalue weighted by molar-refractivity contribution is 5.95. The second-order valence-corrected chi connectivity index (χ2v) is 25.9. The fraction of sp³-hybridized carbons (Fsp3) is 0.171. The zero-order valence-corrected chi connectivity index (χ0v) is 48.4. The van der Waals surface area contributed by atoms with E-state index in [1.807, 2.05) is 0 Å². The van der Waals surface area contributed by atoms with Crippen molar-refractivity contribution in [3.8, 4) is 100 Å². The molecule has 394 valence electrons. The predicted octanol–water partition coefficient (Wildman–Crippen LogP) is 22.3. The molecular formula is C82H66. The Morgan fingerprint density at radius 2 is 0.439 bits per heavy atom. The van der Waals surface area contributed by atoms with E-state index in [1.54, 1.807) is 0 Å². The van der Waals surface area contributed by atoms with Crippen molar-refractivity contribution in [3.05, 3.63) is 275 Å². The van der Waals surface area contributed by atoms with Crippen LogP contribution in [0.25, 0.3) is 122 Å². The Morgan fingerprint density at radius 1 is 0.207 bits per heavy atom. The largest absolute Gasteiger partial charge is 0.0642 e. The quantitative estimate of drug-likeness (QED) is 0.149. The Hall–Kier alpha value is -8.84. The Bertz CT molecular complexity index is 4730. The van der Waals surface area contributed by atoms with Gasteiger partial charge in [0.25, 0.3) is 0 Å². The second kappa shape index (κ2) is 17.3. The molecular weight excluding hydrogens is 985 g/mol. The van der Waals surface area contributed by atoms with Crippen LogP contribution in [0.4, 0.5) is 0 Å². The Kier molecular flexibility index (Phi) is 10.4. The first kappa shape index (κ1) is 49.0. The maximum Gasteiger partial charge on any atom is 0.0210 e. The summed E-state index contributed by atoms with van der Waals surface area (Å²) >= 11 is 0. The molecule has 0 amide bonds. The van der Waals surface area contributed by atoms with Crippen LogP contribution in [0.2, 0.25) is 0 Å². The molecule has 0 spiro atoms. The third kappa shape index (κ3) is 6.91. The van der Waals surface area contributed by atoms with E-state index in [-0.39, 0.29) is 21.7 Å². The molecule has 0 saturated heterocycles. The van der Waals surface area contributed by atoms with E-state index < -0.39 is 0 Å². The van der Waals surface area contributed by atoms with Gasteiger partial charge in [-0.1, -0.05) is 225 Å². The summed E-state index contributed by atoms with van der Waals surface area (Å²) in [6, 6.07) is 88.9. The van der Waals surface area contributed by atoms with Gasteiger partial charge in [0.1, 0.15) is 0 Å². The van der Waals surface area contributed by atoms with Gasteiger partial charge in [-0.15, -0.1) is 0 Å². The fourth-order valence-corrected chi connectivity index (χ4v) is 15.9. The molecule has 0 nitrogen and oxygen atoms in total. The summed E-state index contributed by atoms with van der Waals surface area (Å²) < 4.78 is 0. The lowest BCUT2D eigenvalue weighted by Gasteiger charge is -2.30. The van der Waals surface area contributed by atoms with E-state index in [0.29, 0.717) is 0 Å². The van der Waals surface area contributed by atoms with Gasteiger partial charge in [-0.2, -0.15) is 0 Å². The Labute approximate surface area is 483 Å². The molecule has 0 radical (unpaired) electrons. The molecule has 12 aromatic carbocycles.